The molecular formula is C12H15F3N4. The molecule has 1 aromatic heterocycles. The number of aromatic nitrogens is 1. The molecule has 1 saturated heterocycles. The molecule has 1 atom stereocenters. The minimum atomic E-state index is -4.37. The third kappa shape index (κ3) is 3.15. The van der Waals surface area contributed by atoms with Crippen molar-refractivity contribution in [1.82, 2.24) is 4.98 Å². The van der Waals surface area contributed by atoms with E-state index >= 15 is 0 Å². The highest BCUT2D eigenvalue weighted by Crippen LogP contribution is 2.30. The van der Waals surface area contributed by atoms with Crippen LogP contribution in [0.5, 0.6) is 0 Å². The van der Waals surface area contributed by atoms with Crippen LogP contribution in [0.15, 0.2) is 18.3 Å². The molecule has 7 heteroatoms. The van der Waals surface area contributed by atoms with Crippen molar-refractivity contribution >= 4 is 11.7 Å². The van der Waals surface area contributed by atoms with Crippen LogP contribution in [0.1, 0.15) is 18.4 Å². The smallest absolute Gasteiger partial charge is 0.387 e. The second kappa shape index (κ2) is 5.07. The van der Waals surface area contributed by atoms with E-state index in [1.807, 2.05) is 4.90 Å². The number of halogens is 3. The molecule has 0 bridgehead atoms. The lowest BCUT2D eigenvalue weighted by Crippen LogP contribution is -2.41. The Morgan fingerprint density at radius 3 is 2.68 bits per heavy atom. The fraction of sp³-hybridized carbons (Fsp3) is 0.500. The zero-order valence-corrected chi connectivity index (χ0v) is 10.2. The molecule has 3 N–H and O–H groups in total. The van der Waals surface area contributed by atoms with Gasteiger partial charge >= 0.3 is 6.18 Å². The normalized spacial score (nSPS) is 20.4. The highest BCUT2D eigenvalue weighted by molar-refractivity contribution is 5.80. The molecule has 104 valence electrons. The maximum atomic E-state index is 12.4. The first kappa shape index (κ1) is 13.6. The fourth-order valence-corrected chi connectivity index (χ4v) is 2.18. The van der Waals surface area contributed by atoms with Crippen LogP contribution in [-0.2, 0) is 6.18 Å². The molecule has 0 aromatic carbocycles. The second-order valence-corrected chi connectivity index (χ2v) is 4.64. The predicted octanol–water partition coefficient (Wildman–Crippen LogP) is 2.25. The van der Waals surface area contributed by atoms with Crippen LogP contribution in [0.3, 0.4) is 0 Å². The molecular weight excluding hydrogens is 257 g/mol. The molecule has 0 spiro atoms. The molecule has 4 nitrogen and oxygen atoms in total. The van der Waals surface area contributed by atoms with E-state index in [0.29, 0.717) is 12.4 Å². The summed E-state index contributed by atoms with van der Waals surface area (Å²) in [5.41, 5.74) is 4.72. The highest BCUT2D eigenvalue weighted by atomic mass is 19.4. The second-order valence-electron chi connectivity index (χ2n) is 4.64. The Kier molecular flexibility index (Phi) is 3.64. The summed E-state index contributed by atoms with van der Waals surface area (Å²) >= 11 is 0. The monoisotopic (exact) mass is 272 g/mol. The predicted molar refractivity (Wildman–Crippen MR) is 66.1 cm³/mol. The first-order valence-electron chi connectivity index (χ1n) is 6.00. The summed E-state index contributed by atoms with van der Waals surface area (Å²) in [7, 11) is 0. The van der Waals surface area contributed by atoms with Crippen LogP contribution in [-0.4, -0.2) is 23.9 Å². The standard InChI is InChI=1S/C12H15F3N4/c13-12(14,15)9-3-4-10(18-6-9)19-5-1-2-8(7-19)11(16)17/h3-4,6,8H,1-2,5,7H2,(H3,16,17). The summed E-state index contributed by atoms with van der Waals surface area (Å²) < 4.78 is 37.3. The molecule has 1 fully saturated rings. The minimum Gasteiger partial charge on any atom is -0.387 e. The maximum Gasteiger partial charge on any atom is 0.417 e. The van der Waals surface area contributed by atoms with E-state index in [-0.39, 0.29) is 11.8 Å². The average Bonchev–Trinajstić information content (AvgIpc) is 2.38. The summed E-state index contributed by atoms with van der Waals surface area (Å²) in [6.07, 6.45) is -1.83. The Morgan fingerprint density at radius 1 is 1.42 bits per heavy atom. The molecule has 0 saturated carbocycles. The summed E-state index contributed by atoms with van der Waals surface area (Å²) in [4.78, 5) is 5.73. The summed E-state index contributed by atoms with van der Waals surface area (Å²) in [5, 5.41) is 7.44. The Morgan fingerprint density at radius 2 is 2.16 bits per heavy atom. The van der Waals surface area contributed by atoms with E-state index in [9.17, 15) is 13.2 Å². The van der Waals surface area contributed by atoms with Gasteiger partial charge in [0.1, 0.15) is 5.82 Å². The molecule has 1 unspecified atom stereocenters. The number of nitrogens with two attached hydrogens (primary N) is 1. The van der Waals surface area contributed by atoms with Crippen molar-refractivity contribution in [3.05, 3.63) is 23.9 Å². The lowest BCUT2D eigenvalue weighted by atomic mass is 9.97. The van der Waals surface area contributed by atoms with Gasteiger partial charge in [0.25, 0.3) is 0 Å². The topological polar surface area (TPSA) is 66.0 Å². The van der Waals surface area contributed by atoms with Gasteiger partial charge in [-0.25, -0.2) is 4.98 Å². The minimum absolute atomic E-state index is 0.0437. The number of nitrogens with one attached hydrogen (secondary N) is 1. The molecule has 19 heavy (non-hydrogen) atoms. The van der Waals surface area contributed by atoms with Gasteiger partial charge in [-0.15, -0.1) is 0 Å². The van der Waals surface area contributed by atoms with Gasteiger partial charge in [0.15, 0.2) is 0 Å². The molecule has 1 aliphatic rings. The summed E-state index contributed by atoms with van der Waals surface area (Å²) in [6, 6.07) is 2.39. The van der Waals surface area contributed by atoms with Crippen LogP contribution in [0, 0.1) is 11.3 Å². The van der Waals surface area contributed by atoms with Gasteiger partial charge in [-0.3, -0.25) is 5.41 Å². The maximum absolute atomic E-state index is 12.4. The lowest BCUT2D eigenvalue weighted by Gasteiger charge is -2.33. The van der Waals surface area contributed by atoms with Crippen molar-refractivity contribution in [3.63, 3.8) is 0 Å². The van der Waals surface area contributed by atoms with Gasteiger partial charge in [-0.05, 0) is 25.0 Å². The average molecular weight is 272 g/mol. The Balaban J connectivity index is 2.12. The molecule has 2 rings (SSSR count). The summed E-state index contributed by atoms with van der Waals surface area (Å²) in [6.45, 7) is 1.26. The summed E-state index contributed by atoms with van der Waals surface area (Å²) in [5.74, 6) is 0.577. The van der Waals surface area contributed by atoms with E-state index in [0.717, 1.165) is 31.6 Å². The van der Waals surface area contributed by atoms with E-state index < -0.39 is 11.7 Å². The van der Waals surface area contributed by atoms with E-state index in [1.54, 1.807) is 0 Å². The lowest BCUT2D eigenvalue weighted by molar-refractivity contribution is -0.137. The van der Waals surface area contributed by atoms with Crippen molar-refractivity contribution in [2.75, 3.05) is 18.0 Å². The van der Waals surface area contributed by atoms with Crippen molar-refractivity contribution in [2.24, 2.45) is 11.7 Å². The number of amidine groups is 1. The number of hydrogen-bond donors (Lipinski definition) is 2. The zero-order valence-electron chi connectivity index (χ0n) is 10.2. The van der Waals surface area contributed by atoms with Crippen LogP contribution < -0.4 is 10.6 Å². The van der Waals surface area contributed by atoms with Gasteiger partial charge in [0, 0.05) is 25.2 Å². The number of anilines is 1. The Hall–Kier alpha value is -1.79. The molecule has 0 aliphatic carbocycles. The Bertz CT molecular complexity index is 455. The van der Waals surface area contributed by atoms with E-state index in [4.69, 9.17) is 11.1 Å². The molecule has 1 aromatic rings. The van der Waals surface area contributed by atoms with E-state index in [2.05, 4.69) is 4.98 Å². The molecule has 0 amide bonds. The van der Waals surface area contributed by atoms with Gasteiger partial charge in [0.2, 0.25) is 0 Å². The number of pyridine rings is 1. The fourth-order valence-electron chi connectivity index (χ4n) is 2.18. The van der Waals surface area contributed by atoms with E-state index in [1.165, 1.54) is 6.07 Å². The van der Waals surface area contributed by atoms with Gasteiger partial charge in [-0.2, -0.15) is 13.2 Å². The van der Waals surface area contributed by atoms with Crippen LogP contribution in [0.4, 0.5) is 19.0 Å². The van der Waals surface area contributed by atoms with Crippen LogP contribution >= 0.6 is 0 Å². The number of alkyl halides is 3. The van der Waals surface area contributed by atoms with Crippen molar-refractivity contribution in [1.29, 1.82) is 5.41 Å². The Labute approximate surface area is 108 Å². The van der Waals surface area contributed by atoms with Crippen molar-refractivity contribution in [2.45, 2.75) is 19.0 Å². The number of piperidine rings is 1. The first-order chi connectivity index (χ1) is 8.88. The SMILES string of the molecule is N=C(N)C1CCCN(c2ccc(C(F)(F)F)cn2)C1. The number of hydrogen-bond acceptors (Lipinski definition) is 3. The van der Waals surface area contributed by atoms with Gasteiger partial charge in [-0.1, -0.05) is 0 Å². The van der Waals surface area contributed by atoms with Gasteiger partial charge in [0.05, 0.1) is 11.4 Å². The van der Waals surface area contributed by atoms with Gasteiger partial charge < -0.3 is 10.6 Å². The van der Waals surface area contributed by atoms with Crippen molar-refractivity contribution in [3.8, 4) is 0 Å². The molecule has 0 radical (unpaired) electrons. The third-order valence-corrected chi connectivity index (χ3v) is 3.26. The highest BCUT2D eigenvalue weighted by Gasteiger charge is 2.31. The first-order valence-corrected chi connectivity index (χ1v) is 6.00. The molecule has 2 heterocycles. The number of nitrogens with zero attached hydrogens (tertiary/aromatic N) is 2. The quantitative estimate of drug-likeness (QED) is 0.641. The van der Waals surface area contributed by atoms with Crippen molar-refractivity contribution < 1.29 is 13.2 Å². The van der Waals surface area contributed by atoms with Crippen LogP contribution in [0.2, 0.25) is 0 Å². The molecule has 1 aliphatic heterocycles. The third-order valence-electron chi connectivity index (χ3n) is 3.26. The zero-order chi connectivity index (χ0) is 14.0. The van der Waals surface area contributed by atoms with Crippen LogP contribution in [0.25, 0.3) is 0 Å². The number of rotatable bonds is 2. The largest absolute Gasteiger partial charge is 0.417 e.